The molecule has 0 saturated carbocycles. The van der Waals surface area contributed by atoms with Gasteiger partial charge in [0.05, 0.1) is 0 Å². The fourth-order valence-electron chi connectivity index (χ4n) is 4.41. The smallest absolute Gasteiger partial charge is 0.0393 e. The van der Waals surface area contributed by atoms with Crippen molar-refractivity contribution in [1.82, 2.24) is 0 Å². The van der Waals surface area contributed by atoms with Crippen molar-refractivity contribution >= 4 is 10.8 Å². The summed E-state index contributed by atoms with van der Waals surface area (Å²) in [7, 11) is 0. The van der Waals surface area contributed by atoms with Crippen molar-refractivity contribution in [2.45, 2.75) is 32.1 Å². The molecule has 22 heavy (non-hydrogen) atoms. The van der Waals surface area contributed by atoms with E-state index in [0.29, 0.717) is 0 Å². The highest BCUT2D eigenvalue weighted by molar-refractivity contribution is 5.94. The van der Waals surface area contributed by atoms with E-state index in [4.69, 9.17) is 0 Å². The summed E-state index contributed by atoms with van der Waals surface area (Å²) in [5, 5.41) is 2.86. The molecule has 1 radical (unpaired) electrons. The molecule has 2 aliphatic carbocycles. The zero-order valence-electron chi connectivity index (χ0n) is 12.7. The Bertz CT molecular complexity index is 867. The highest BCUT2D eigenvalue weighted by Crippen LogP contribution is 2.43. The van der Waals surface area contributed by atoms with Gasteiger partial charge in [0.1, 0.15) is 0 Å². The molecule has 0 bridgehead atoms. The van der Waals surface area contributed by atoms with E-state index in [1.807, 2.05) is 0 Å². The fraction of sp³-hybridized carbons (Fsp3) is 0.227. The van der Waals surface area contributed by atoms with Gasteiger partial charge in [-0.2, -0.15) is 0 Å². The summed E-state index contributed by atoms with van der Waals surface area (Å²) in [5.74, 6) is 1.55. The van der Waals surface area contributed by atoms with Crippen LogP contribution in [-0.2, 0) is 19.3 Å². The van der Waals surface area contributed by atoms with Crippen LogP contribution in [-0.4, -0.2) is 0 Å². The molecule has 0 N–H and O–H groups in total. The van der Waals surface area contributed by atoms with Crippen LogP contribution in [0, 0.1) is 5.92 Å². The SMILES string of the molecule is c1cc2c(c([C]3Cc4cccc5cccc3c45)c1)CCCC2. The van der Waals surface area contributed by atoms with Crippen molar-refractivity contribution in [2.24, 2.45) is 0 Å². The van der Waals surface area contributed by atoms with Crippen molar-refractivity contribution in [3.63, 3.8) is 0 Å². The first-order chi connectivity index (χ1) is 10.9. The van der Waals surface area contributed by atoms with E-state index < -0.39 is 0 Å². The van der Waals surface area contributed by atoms with E-state index in [2.05, 4.69) is 54.6 Å². The monoisotopic (exact) mass is 283 g/mol. The van der Waals surface area contributed by atoms with E-state index in [0.717, 1.165) is 6.42 Å². The van der Waals surface area contributed by atoms with Gasteiger partial charge in [0.15, 0.2) is 0 Å². The molecule has 0 fully saturated rings. The second-order valence-electron chi connectivity index (χ2n) is 6.63. The molecule has 3 aromatic carbocycles. The first kappa shape index (κ1) is 12.5. The quantitative estimate of drug-likeness (QED) is 0.572. The predicted octanol–water partition coefficient (Wildman–Crippen LogP) is 5.25. The van der Waals surface area contributed by atoms with Crippen LogP contribution in [0.2, 0.25) is 0 Å². The first-order valence-electron chi connectivity index (χ1n) is 8.40. The average Bonchev–Trinajstić information content (AvgIpc) is 2.95. The summed E-state index contributed by atoms with van der Waals surface area (Å²) in [6.07, 6.45) is 6.29. The molecule has 0 saturated heterocycles. The van der Waals surface area contributed by atoms with Crippen LogP contribution in [0.5, 0.6) is 0 Å². The van der Waals surface area contributed by atoms with E-state index in [9.17, 15) is 0 Å². The van der Waals surface area contributed by atoms with Crippen LogP contribution in [0.3, 0.4) is 0 Å². The molecule has 0 amide bonds. The van der Waals surface area contributed by atoms with Crippen LogP contribution in [0.4, 0.5) is 0 Å². The largest absolute Gasteiger partial charge is 0.0617 e. The molecular formula is C22H19. The van der Waals surface area contributed by atoms with Gasteiger partial charge in [0.25, 0.3) is 0 Å². The Hall–Kier alpha value is -2.08. The van der Waals surface area contributed by atoms with Gasteiger partial charge in [0.2, 0.25) is 0 Å². The summed E-state index contributed by atoms with van der Waals surface area (Å²) < 4.78 is 0. The van der Waals surface area contributed by atoms with E-state index in [1.54, 1.807) is 17.0 Å². The van der Waals surface area contributed by atoms with E-state index in [1.165, 1.54) is 53.1 Å². The molecule has 5 rings (SSSR count). The first-order valence-corrected chi connectivity index (χ1v) is 8.40. The number of benzene rings is 3. The minimum absolute atomic E-state index is 1.09. The molecule has 0 nitrogen and oxygen atoms in total. The maximum Gasteiger partial charge on any atom is 0.0393 e. The van der Waals surface area contributed by atoms with Gasteiger partial charge in [-0.1, -0.05) is 54.6 Å². The number of fused-ring (bicyclic) bond motifs is 1. The van der Waals surface area contributed by atoms with Gasteiger partial charge in [-0.15, -0.1) is 0 Å². The summed E-state index contributed by atoms with van der Waals surface area (Å²) >= 11 is 0. The lowest BCUT2D eigenvalue weighted by Crippen LogP contribution is -2.10. The van der Waals surface area contributed by atoms with Crippen molar-refractivity contribution in [2.75, 3.05) is 0 Å². The van der Waals surface area contributed by atoms with Gasteiger partial charge in [0, 0.05) is 5.92 Å². The number of rotatable bonds is 1. The lowest BCUT2D eigenvalue weighted by Gasteiger charge is -2.23. The third-order valence-electron chi connectivity index (χ3n) is 5.40. The van der Waals surface area contributed by atoms with Gasteiger partial charge < -0.3 is 0 Å². The van der Waals surface area contributed by atoms with Crippen LogP contribution in [0.25, 0.3) is 10.8 Å². The van der Waals surface area contributed by atoms with Crippen LogP contribution >= 0.6 is 0 Å². The lowest BCUT2D eigenvalue weighted by molar-refractivity contribution is 0.680. The van der Waals surface area contributed by atoms with Gasteiger partial charge in [-0.05, 0) is 70.7 Å². The molecule has 0 aliphatic heterocycles. The zero-order valence-corrected chi connectivity index (χ0v) is 12.7. The van der Waals surface area contributed by atoms with Crippen molar-refractivity contribution < 1.29 is 0 Å². The fourth-order valence-corrected chi connectivity index (χ4v) is 4.41. The van der Waals surface area contributed by atoms with E-state index >= 15 is 0 Å². The van der Waals surface area contributed by atoms with Crippen molar-refractivity contribution in [3.8, 4) is 0 Å². The lowest BCUT2D eigenvalue weighted by atomic mass is 9.81. The molecule has 0 heteroatoms. The molecule has 3 aromatic rings. The number of hydrogen-bond donors (Lipinski definition) is 0. The average molecular weight is 283 g/mol. The Kier molecular flexibility index (Phi) is 2.67. The summed E-state index contributed by atoms with van der Waals surface area (Å²) in [6.45, 7) is 0. The third kappa shape index (κ3) is 1.70. The highest BCUT2D eigenvalue weighted by Gasteiger charge is 2.28. The second kappa shape index (κ2) is 4.71. The van der Waals surface area contributed by atoms with E-state index in [-0.39, 0.29) is 0 Å². The summed E-state index contributed by atoms with van der Waals surface area (Å²) in [4.78, 5) is 0. The number of hydrogen-bond acceptors (Lipinski definition) is 0. The Morgan fingerprint density at radius 2 is 1.36 bits per heavy atom. The number of aryl methyl sites for hydroxylation is 1. The normalized spacial score (nSPS) is 16.9. The van der Waals surface area contributed by atoms with Crippen LogP contribution < -0.4 is 0 Å². The molecule has 107 valence electrons. The molecule has 0 unspecified atom stereocenters. The minimum atomic E-state index is 1.09. The predicted molar refractivity (Wildman–Crippen MR) is 92.2 cm³/mol. The van der Waals surface area contributed by atoms with Gasteiger partial charge in [-0.25, -0.2) is 0 Å². The molecular weight excluding hydrogens is 264 g/mol. The van der Waals surface area contributed by atoms with Gasteiger partial charge >= 0.3 is 0 Å². The topological polar surface area (TPSA) is 0 Å². The van der Waals surface area contributed by atoms with Crippen molar-refractivity contribution in [3.05, 3.63) is 88.3 Å². The third-order valence-corrected chi connectivity index (χ3v) is 5.40. The highest BCUT2D eigenvalue weighted by atomic mass is 14.3. The molecule has 2 aliphatic rings. The summed E-state index contributed by atoms with van der Waals surface area (Å²) in [5.41, 5.74) is 7.68. The second-order valence-corrected chi connectivity index (χ2v) is 6.63. The molecule has 0 heterocycles. The zero-order chi connectivity index (χ0) is 14.5. The Labute approximate surface area is 131 Å². The maximum absolute atomic E-state index is 2.35. The van der Waals surface area contributed by atoms with Crippen molar-refractivity contribution in [1.29, 1.82) is 0 Å². The Balaban J connectivity index is 1.72. The Morgan fingerprint density at radius 1 is 0.636 bits per heavy atom. The van der Waals surface area contributed by atoms with Crippen LogP contribution in [0.15, 0.2) is 54.6 Å². The molecule has 0 atom stereocenters. The molecule has 0 aromatic heterocycles. The van der Waals surface area contributed by atoms with Gasteiger partial charge in [-0.3, -0.25) is 0 Å². The van der Waals surface area contributed by atoms with Crippen LogP contribution in [0.1, 0.15) is 40.7 Å². The standard InChI is InChI=1S/C22H19/c1-2-11-18-15(6-1)7-4-12-19(18)21-14-17-10-3-8-16-9-5-13-20(21)22(16)17/h3-5,7-10,12-13H,1-2,6,11,14H2. The maximum atomic E-state index is 2.35. The summed E-state index contributed by atoms with van der Waals surface area (Å²) in [6, 6.07) is 20.5. The molecule has 0 spiro atoms. The Morgan fingerprint density at radius 3 is 2.32 bits per heavy atom. The minimum Gasteiger partial charge on any atom is -0.0617 e.